The van der Waals surface area contributed by atoms with Crippen molar-refractivity contribution in [1.82, 2.24) is 14.7 Å². The van der Waals surface area contributed by atoms with Crippen molar-refractivity contribution < 1.29 is 9.59 Å². The maximum Gasteiger partial charge on any atom is 0.223 e. The van der Waals surface area contributed by atoms with Gasteiger partial charge in [-0.1, -0.05) is 59.1 Å². The molecule has 0 spiro atoms. The number of halogens is 2. The molecule has 1 atom stereocenters. The van der Waals surface area contributed by atoms with E-state index in [4.69, 9.17) is 23.2 Å². The highest BCUT2D eigenvalue weighted by Crippen LogP contribution is 2.38. The summed E-state index contributed by atoms with van der Waals surface area (Å²) in [4.78, 5) is 33.9. The monoisotopic (exact) mass is 555 g/mol. The van der Waals surface area contributed by atoms with Gasteiger partial charge in [-0.3, -0.25) is 14.5 Å². The number of rotatable bonds is 6. The van der Waals surface area contributed by atoms with E-state index < -0.39 is 0 Å². The van der Waals surface area contributed by atoms with E-state index in [1.165, 1.54) is 16.0 Å². The van der Waals surface area contributed by atoms with Gasteiger partial charge in [-0.2, -0.15) is 0 Å². The van der Waals surface area contributed by atoms with E-state index in [1.807, 2.05) is 28.0 Å². The molecule has 8 heteroatoms. The molecule has 194 valence electrons. The van der Waals surface area contributed by atoms with Gasteiger partial charge in [0, 0.05) is 57.0 Å². The number of thiophene rings is 1. The van der Waals surface area contributed by atoms with Crippen LogP contribution in [-0.2, 0) is 22.6 Å². The highest BCUT2D eigenvalue weighted by molar-refractivity contribution is 7.10. The van der Waals surface area contributed by atoms with Crippen molar-refractivity contribution in [2.75, 3.05) is 32.7 Å². The van der Waals surface area contributed by atoms with Gasteiger partial charge in [0.2, 0.25) is 11.8 Å². The van der Waals surface area contributed by atoms with Gasteiger partial charge in [0.25, 0.3) is 0 Å². The second-order valence-corrected chi connectivity index (χ2v) is 11.7. The number of carbonyl (C=O) groups excluding carboxylic acids is 2. The number of carbonyl (C=O) groups is 2. The summed E-state index contributed by atoms with van der Waals surface area (Å²) in [7, 11) is 0. The summed E-state index contributed by atoms with van der Waals surface area (Å²) < 4.78 is 0. The second-order valence-electron chi connectivity index (χ2n) is 9.85. The SMILES string of the molecule is Cc1ccc(C2c3ccsc3CCN2C(=O)CCC(=O)N2CCN(Cc3ccc(Cl)c(Cl)c3)CC2)cc1. The molecule has 5 rings (SSSR count). The second kappa shape index (κ2) is 11.6. The predicted molar refractivity (Wildman–Crippen MR) is 150 cm³/mol. The van der Waals surface area contributed by atoms with Gasteiger partial charge in [0.1, 0.15) is 0 Å². The Hall–Kier alpha value is -2.38. The van der Waals surface area contributed by atoms with Crippen LogP contribution >= 0.6 is 34.5 Å². The van der Waals surface area contributed by atoms with Crippen molar-refractivity contribution in [3.63, 3.8) is 0 Å². The van der Waals surface area contributed by atoms with Gasteiger partial charge >= 0.3 is 0 Å². The van der Waals surface area contributed by atoms with Crippen LogP contribution < -0.4 is 0 Å². The molecule has 0 bridgehead atoms. The Labute approximate surface area is 232 Å². The standard InChI is InChI=1S/C29H31Cl2N3O2S/c1-20-2-5-22(6-3-20)29-23-11-17-37-26(23)10-12-34(29)28(36)9-8-27(35)33-15-13-32(14-16-33)19-21-4-7-24(30)25(31)18-21/h2-7,11,17-18,29H,8-10,12-16,19H2,1H3. The summed E-state index contributed by atoms with van der Waals surface area (Å²) in [6.07, 6.45) is 1.36. The van der Waals surface area contributed by atoms with E-state index in [9.17, 15) is 9.59 Å². The Morgan fingerprint density at radius 1 is 0.892 bits per heavy atom. The molecule has 1 saturated heterocycles. The van der Waals surface area contributed by atoms with Crippen LogP contribution in [0, 0.1) is 6.92 Å². The molecule has 1 unspecified atom stereocenters. The van der Waals surface area contributed by atoms with Crippen molar-refractivity contribution in [3.8, 4) is 0 Å². The molecule has 2 amide bonds. The molecule has 0 saturated carbocycles. The van der Waals surface area contributed by atoms with Gasteiger partial charge in [-0.15, -0.1) is 11.3 Å². The predicted octanol–water partition coefficient (Wildman–Crippen LogP) is 5.96. The summed E-state index contributed by atoms with van der Waals surface area (Å²) in [6, 6.07) is 16.2. The van der Waals surface area contributed by atoms with Crippen LogP contribution in [-0.4, -0.2) is 59.2 Å². The zero-order chi connectivity index (χ0) is 25.9. The summed E-state index contributed by atoms with van der Waals surface area (Å²) in [6.45, 7) is 6.46. The average molecular weight is 557 g/mol. The number of piperazine rings is 1. The fourth-order valence-electron chi connectivity index (χ4n) is 5.26. The lowest BCUT2D eigenvalue weighted by molar-refractivity contribution is -0.139. The van der Waals surface area contributed by atoms with Gasteiger partial charge in [-0.25, -0.2) is 0 Å². The highest BCUT2D eigenvalue weighted by Gasteiger charge is 2.33. The Kier molecular flexibility index (Phi) is 8.20. The molecule has 1 fully saturated rings. The summed E-state index contributed by atoms with van der Waals surface area (Å²) >= 11 is 13.9. The van der Waals surface area contributed by atoms with Crippen LogP contribution in [0.2, 0.25) is 10.0 Å². The molecular formula is C29H31Cl2N3O2S. The lowest BCUT2D eigenvalue weighted by Gasteiger charge is -2.37. The first kappa shape index (κ1) is 26.2. The van der Waals surface area contributed by atoms with Crippen molar-refractivity contribution in [2.24, 2.45) is 0 Å². The van der Waals surface area contributed by atoms with Crippen LogP contribution in [0.25, 0.3) is 0 Å². The summed E-state index contributed by atoms with van der Waals surface area (Å²) in [5.74, 6) is 0.108. The molecule has 0 radical (unpaired) electrons. The first-order valence-corrected chi connectivity index (χ1v) is 14.4. The fraction of sp³-hybridized carbons (Fsp3) is 0.379. The molecule has 5 nitrogen and oxygen atoms in total. The maximum atomic E-state index is 13.4. The van der Waals surface area contributed by atoms with Crippen LogP contribution in [0.1, 0.15) is 46.0 Å². The molecular weight excluding hydrogens is 525 g/mol. The molecule has 0 aliphatic carbocycles. The van der Waals surface area contributed by atoms with E-state index in [0.29, 0.717) is 29.7 Å². The lowest BCUT2D eigenvalue weighted by Crippen LogP contribution is -2.48. The number of benzene rings is 2. The van der Waals surface area contributed by atoms with E-state index >= 15 is 0 Å². The topological polar surface area (TPSA) is 43.9 Å². The molecule has 3 aromatic rings. The minimum Gasteiger partial charge on any atom is -0.340 e. The van der Waals surface area contributed by atoms with Crippen molar-refractivity contribution in [1.29, 1.82) is 0 Å². The van der Waals surface area contributed by atoms with E-state index in [1.54, 1.807) is 11.3 Å². The largest absolute Gasteiger partial charge is 0.340 e. The summed E-state index contributed by atoms with van der Waals surface area (Å²) in [5.41, 5.74) is 4.66. The van der Waals surface area contributed by atoms with Crippen LogP contribution in [0.15, 0.2) is 53.9 Å². The minimum atomic E-state index is -0.0804. The third-order valence-electron chi connectivity index (χ3n) is 7.35. The summed E-state index contributed by atoms with van der Waals surface area (Å²) in [5, 5.41) is 3.23. The number of aryl methyl sites for hydroxylation is 1. The van der Waals surface area contributed by atoms with Crippen LogP contribution in [0.3, 0.4) is 0 Å². The first-order valence-electron chi connectivity index (χ1n) is 12.8. The highest BCUT2D eigenvalue weighted by atomic mass is 35.5. The van der Waals surface area contributed by atoms with Gasteiger partial charge in [0.05, 0.1) is 16.1 Å². The molecule has 37 heavy (non-hydrogen) atoms. The molecule has 2 aliphatic rings. The van der Waals surface area contributed by atoms with E-state index in [2.05, 4.69) is 47.5 Å². The number of hydrogen-bond donors (Lipinski definition) is 0. The smallest absolute Gasteiger partial charge is 0.223 e. The van der Waals surface area contributed by atoms with Gasteiger partial charge < -0.3 is 9.80 Å². The molecule has 3 heterocycles. The zero-order valence-corrected chi connectivity index (χ0v) is 23.3. The van der Waals surface area contributed by atoms with Crippen LogP contribution in [0.4, 0.5) is 0 Å². The average Bonchev–Trinajstić information content (AvgIpc) is 3.39. The first-order chi connectivity index (χ1) is 17.9. The zero-order valence-electron chi connectivity index (χ0n) is 21.0. The number of fused-ring (bicyclic) bond motifs is 1. The Balaban J connectivity index is 1.16. The normalized spacial score (nSPS) is 18.1. The molecule has 1 aromatic heterocycles. The Morgan fingerprint density at radius 3 is 2.35 bits per heavy atom. The molecule has 0 N–H and O–H groups in total. The third-order valence-corrected chi connectivity index (χ3v) is 9.08. The van der Waals surface area contributed by atoms with E-state index in [-0.39, 0.29) is 30.7 Å². The lowest BCUT2D eigenvalue weighted by atomic mass is 9.92. The Bertz CT molecular complexity index is 1270. The van der Waals surface area contributed by atoms with Gasteiger partial charge in [0.15, 0.2) is 0 Å². The number of nitrogens with zero attached hydrogens (tertiary/aromatic N) is 3. The maximum absolute atomic E-state index is 13.4. The fourth-order valence-corrected chi connectivity index (χ4v) is 6.48. The van der Waals surface area contributed by atoms with E-state index in [0.717, 1.165) is 37.2 Å². The minimum absolute atomic E-state index is 0.0500. The number of hydrogen-bond acceptors (Lipinski definition) is 4. The van der Waals surface area contributed by atoms with Gasteiger partial charge in [-0.05, 0) is 53.6 Å². The quantitative estimate of drug-likeness (QED) is 0.376. The molecule has 2 aromatic carbocycles. The third kappa shape index (κ3) is 6.04. The van der Waals surface area contributed by atoms with Crippen molar-refractivity contribution in [3.05, 3.63) is 91.1 Å². The molecule has 2 aliphatic heterocycles. The van der Waals surface area contributed by atoms with Crippen LogP contribution in [0.5, 0.6) is 0 Å². The Morgan fingerprint density at radius 2 is 1.62 bits per heavy atom. The number of amides is 2. The van der Waals surface area contributed by atoms with Crippen molar-refractivity contribution in [2.45, 2.75) is 38.8 Å². The van der Waals surface area contributed by atoms with Crippen molar-refractivity contribution >= 4 is 46.4 Å².